The molecule has 1 unspecified atom stereocenters. The van der Waals surface area contributed by atoms with Crippen LogP contribution >= 0.6 is 0 Å². The fourth-order valence-electron chi connectivity index (χ4n) is 3.65. The minimum atomic E-state index is -3.21. The number of rotatable bonds is 4. The molecule has 1 atom stereocenters. The number of anilines is 1. The van der Waals surface area contributed by atoms with Gasteiger partial charge in [-0.2, -0.15) is 4.98 Å². The van der Waals surface area contributed by atoms with Crippen LogP contribution in [-0.4, -0.2) is 36.8 Å². The highest BCUT2D eigenvalue weighted by molar-refractivity contribution is 7.90. The number of piperidine rings is 1. The van der Waals surface area contributed by atoms with E-state index in [1.807, 2.05) is 6.07 Å². The van der Waals surface area contributed by atoms with E-state index in [1.165, 1.54) is 12.7 Å². The van der Waals surface area contributed by atoms with E-state index in [4.69, 9.17) is 4.74 Å². The van der Waals surface area contributed by atoms with Crippen LogP contribution in [0, 0.1) is 0 Å². The molecule has 1 saturated heterocycles. The molecule has 26 heavy (non-hydrogen) atoms. The van der Waals surface area contributed by atoms with Crippen LogP contribution < -0.4 is 15.3 Å². The first-order valence-electron chi connectivity index (χ1n) is 8.72. The molecular formula is C18H21N3O4S. The summed E-state index contributed by atoms with van der Waals surface area (Å²) in [6.45, 7) is 1.89. The number of hydrogen-bond acceptors (Lipinski definition) is 6. The largest absolute Gasteiger partial charge is 0.473 e. The number of benzene rings is 1. The van der Waals surface area contributed by atoms with Gasteiger partial charge < -0.3 is 9.64 Å². The molecule has 0 spiro atoms. The second-order valence-corrected chi connectivity index (χ2v) is 8.91. The van der Waals surface area contributed by atoms with Crippen LogP contribution in [0.1, 0.15) is 24.8 Å². The molecule has 8 heteroatoms. The fourth-order valence-corrected chi connectivity index (χ4v) is 4.28. The molecule has 0 saturated carbocycles. The topological polar surface area (TPSA) is 81.5 Å². The zero-order chi connectivity index (χ0) is 18.3. The molecule has 0 amide bonds. The van der Waals surface area contributed by atoms with Crippen LogP contribution in [0.15, 0.2) is 40.0 Å². The molecule has 7 nitrogen and oxygen atoms in total. The lowest BCUT2D eigenvalue weighted by atomic mass is 10.0. The quantitative estimate of drug-likeness (QED) is 0.807. The van der Waals surface area contributed by atoms with Crippen molar-refractivity contribution in [2.75, 3.05) is 17.7 Å². The molecule has 1 aromatic heterocycles. The van der Waals surface area contributed by atoms with Crippen LogP contribution in [0.4, 0.5) is 5.82 Å². The highest BCUT2D eigenvalue weighted by atomic mass is 32.2. The Morgan fingerprint density at radius 3 is 2.73 bits per heavy atom. The van der Waals surface area contributed by atoms with E-state index in [-0.39, 0.29) is 17.2 Å². The third-order valence-electron chi connectivity index (χ3n) is 5.02. The van der Waals surface area contributed by atoms with Gasteiger partial charge in [0.15, 0.2) is 9.84 Å². The molecule has 0 bridgehead atoms. The average Bonchev–Trinajstić information content (AvgIpc) is 2.99. The second kappa shape index (κ2) is 6.42. The van der Waals surface area contributed by atoms with E-state index >= 15 is 0 Å². The van der Waals surface area contributed by atoms with E-state index in [9.17, 15) is 13.2 Å². The standard InChI is InChI=1S/C18H21N3O4S/c1-26(23,24)15-7-5-13(6-8-15)12-25-16-10-17-20-9-3-2-4-14(20)11-21(17)18(22)19-16/h5-8,10,14H,2-4,9,11-12H2,1H3. The Balaban J connectivity index is 1.51. The molecule has 1 aromatic carbocycles. The summed E-state index contributed by atoms with van der Waals surface area (Å²) in [7, 11) is -3.21. The van der Waals surface area contributed by atoms with E-state index in [1.54, 1.807) is 28.8 Å². The summed E-state index contributed by atoms with van der Waals surface area (Å²) in [4.78, 5) is 18.9. The Kier molecular flexibility index (Phi) is 4.22. The van der Waals surface area contributed by atoms with Gasteiger partial charge >= 0.3 is 5.69 Å². The molecule has 1 fully saturated rings. The van der Waals surface area contributed by atoms with Crippen molar-refractivity contribution in [3.8, 4) is 5.88 Å². The number of aromatic nitrogens is 2. The van der Waals surface area contributed by atoms with Gasteiger partial charge in [0.1, 0.15) is 12.4 Å². The normalized spacial score (nSPS) is 19.1. The molecule has 0 aliphatic carbocycles. The number of ether oxygens (including phenoxy) is 1. The summed E-state index contributed by atoms with van der Waals surface area (Å²) in [5.74, 6) is 1.19. The van der Waals surface area contributed by atoms with Crippen molar-refractivity contribution in [3.63, 3.8) is 0 Å². The number of fused-ring (bicyclic) bond motifs is 3. The van der Waals surface area contributed by atoms with E-state index < -0.39 is 9.84 Å². The van der Waals surface area contributed by atoms with Gasteiger partial charge in [-0.15, -0.1) is 0 Å². The minimum Gasteiger partial charge on any atom is -0.473 e. The van der Waals surface area contributed by atoms with Gasteiger partial charge in [-0.05, 0) is 37.0 Å². The number of hydrogen-bond donors (Lipinski definition) is 0. The molecule has 3 heterocycles. The number of nitrogens with zero attached hydrogens (tertiary/aromatic N) is 3. The highest BCUT2D eigenvalue weighted by Gasteiger charge is 2.32. The van der Waals surface area contributed by atoms with E-state index in [0.717, 1.165) is 30.8 Å². The molecule has 2 aromatic rings. The lowest BCUT2D eigenvalue weighted by Gasteiger charge is -2.30. The van der Waals surface area contributed by atoms with E-state index in [2.05, 4.69) is 9.88 Å². The molecular weight excluding hydrogens is 354 g/mol. The zero-order valence-corrected chi connectivity index (χ0v) is 15.4. The van der Waals surface area contributed by atoms with Crippen molar-refractivity contribution in [3.05, 3.63) is 46.4 Å². The SMILES string of the molecule is CS(=O)(=O)c1ccc(COc2cc3n(c(=O)n2)CC2CCCCN32)cc1. The second-order valence-electron chi connectivity index (χ2n) is 6.89. The first kappa shape index (κ1) is 17.1. The van der Waals surface area contributed by atoms with Crippen LogP contribution in [0.25, 0.3) is 0 Å². The Hall–Kier alpha value is -2.35. The maximum absolute atomic E-state index is 12.3. The van der Waals surface area contributed by atoms with Gasteiger partial charge in [-0.1, -0.05) is 12.1 Å². The van der Waals surface area contributed by atoms with Crippen LogP contribution in [0.2, 0.25) is 0 Å². The maximum atomic E-state index is 12.3. The first-order chi connectivity index (χ1) is 12.4. The minimum absolute atomic E-state index is 0.226. The smallest absolute Gasteiger partial charge is 0.352 e. The maximum Gasteiger partial charge on any atom is 0.352 e. The Labute approximate surface area is 152 Å². The molecule has 2 aliphatic heterocycles. The van der Waals surface area contributed by atoms with Gasteiger partial charge in [0.05, 0.1) is 4.90 Å². The van der Waals surface area contributed by atoms with Gasteiger partial charge in [-0.3, -0.25) is 4.57 Å². The predicted molar refractivity (Wildman–Crippen MR) is 97.4 cm³/mol. The van der Waals surface area contributed by atoms with Crippen molar-refractivity contribution in [1.29, 1.82) is 0 Å². The van der Waals surface area contributed by atoms with Crippen molar-refractivity contribution >= 4 is 15.7 Å². The lowest BCUT2D eigenvalue weighted by Crippen LogP contribution is -2.36. The monoisotopic (exact) mass is 375 g/mol. The van der Waals surface area contributed by atoms with Crippen LogP contribution in [-0.2, 0) is 23.0 Å². The molecule has 138 valence electrons. The molecule has 0 radical (unpaired) electrons. The summed E-state index contributed by atoms with van der Waals surface area (Å²) < 4.78 is 30.4. The zero-order valence-electron chi connectivity index (χ0n) is 14.6. The highest BCUT2D eigenvalue weighted by Crippen LogP contribution is 2.32. The Morgan fingerprint density at radius 2 is 2.00 bits per heavy atom. The van der Waals surface area contributed by atoms with Gasteiger partial charge in [0, 0.05) is 31.5 Å². The Bertz CT molecular complexity index is 982. The lowest BCUT2D eigenvalue weighted by molar-refractivity contribution is 0.291. The third kappa shape index (κ3) is 3.21. The predicted octanol–water partition coefficient (Wildman–Crippen LogP) is 1.60. The summed E-state index contributed by atoms with van der Waals surface area (Å²) in [5.41, 5.74) is 0.537. The van der Waals surface area contributed by atoms with Crippen molar-refractivity contribution in [2.24, 2.45) is 0 Å². The van der Waals surface area contributed by atoms with Crippen LogP contribution in [0.5, 0.6) is 5.88 Å². The van der Waals surface area contributed by atoms with Crippen molar-refractivity contribution < 1.29 is 13.2 Å². The fraction of sp³-hybridized carbons (Fsp3) is 0.444. The Morgan fingerprint density at radius 1 is 1.23 bits per heavy atom. The van der Waals surface area contributed by atoms with Gasteiger partial charge in [-0.25, -0.2) is 13.2 Å². The molecule has 4 rings (SSSR count). The summed E-state index contributed by atoms with van der Waals surface area (Å²) in [6, 6.07) is 8.73. The molecule has 0 N–H and O–H groups in total. The van der Waals surface area contributed by atoms with Gasteiger partial charge in [0.2, 0.25) is 5.88 Å². The molecule has 2 aliphatic rings. The average molecular weight is 375 g/mol. The van der Waals surface area contributed by atoms with Crippen LogP contribution in [0.3, 0.4) is 0 Å². The third-order valence-corrected chi connectivity index (χ3v) is 6.15. The van der Waals surface area contributed by atoms with Crippen molar-refractivity contribution in [2.45, 2.75) is 43.4 Å². The summed E-state index contributed by atoms with van der Waals surface area (Å²) >= 11 is 0. The summed E-state index contributed by atoms with van der Waals surface area (Å²) in [6.07, 6.45) is 4.61. The number of sulfone groups is 1. The summed E-state index contributed by atoms with van der Waals surface area (Å²) in [5, 5.41) is 0. The van der Waals surface area contributed by atoms with E-state index in [0.29, 0.717) is 18.5 Å². The van der Waals surface area contributed by atoms with Crippen molar-refractivity contribution in [1.82, 2.24) is 9.55 Å². The van der Waals surface area contributed by atoms with Gasteiger partial charge in [0.25, 0.3) is 0 Å². The first-order valence-corrected chi connectivity index (χ1v) is 10.6.